The van der Waals surface area contributed by atoms with Gasteiger partial charge in [-0.3, -0.25) is 4.79 Å². The van der Waals surface area contributed by atoms with E-state index in [9.17, 15) is 31.1 Å². The van der Waals surface area contributed by atoms with Crippen LogP contribution < -0.4 is 0 Å². The van der Waals surface area contributed by atoms with Crippen LogP contribution in [-0.4, -0.2) is 18.1 Å². The second-order valence-corrected chi connectivity index (χ2v) is 3.48. The fourth-order valence-electron chi connectivity index (χ4n) is 1.21. The molecule has 1 rings (SSSR count). The van der Waals surface area contributed by atoms with Crippen molar-refractivity contribution in [3.05, 3.63) is 29.1 Å². The van der Waals surface area contributed by atoms with Crippen LogP contribution >= 0.6 is 0 Å². The van der Waals surface area contributed by atoms with Gasteiger partial charge in [-0.05, 0) is 12.1 Å². The molecule has 0 aliphatic rings. The van der Waals surface area contributed by atoms with E-state index in [1.54, 1.807) is 0 Å². The van der Waals surface area contributed by atoms with Crippen molar-refractivity contribution in [2.45, 2.75) is 18.8 Å². The first-order valence-corrected chi connectivity index (χ1v) is 4.76. The lowest BCUT2D eigenvalue weighted by Gasteiger charge is -2.12. The Morgan fingerprint density at radius 3 is 2.16 bits per heavy atom. The van der Waals surface area contributed by atoms with Crippen LogP contribution in [0.25, 0.3) is 0 Å². The van der Waals surface area contributed by atoms with Crippen molar-refractivity contribution in [1.82, 2.24) is 4.98 Å². The number of rotatable bonds is 2. The highest BCUT2D eigenvalue weighted by Crippen LogP contribution is 2.34. The van der Waals surface area contributed by atoms with Gasteiger partial charge in [-0.1, -0.05) is 0 Å². The quantitative estimate of drug-likeness (QED) is 0.620. The van der Waals surface area contributed by atoms with E-state index in [1.165, 1.54) is 0 Å². The van der Waals surface area contributed by atoms with Crippen LogP contribution in [0.4, 0.5) is 26.3 Å². The van der Waals surface area contributed by atoms with Gasteiger partial charge in [0.1, 0.15) is 5.69 Å². The maximum atomic E-state index is 12.4. The van der Waals surface area contributed by atoms with Crippen LogP contribution in [0.2, 0.25) is 0 Å². The van der Waals surface area contributed by atoms with E-state index < -0.39 is 41.7 Å². The summed E-state index contributed by atoms with van der Waals surface area (Å²) in [6, 6.07) is 0.271. The zero-order valence-corrected chi connectivity index (χ0v) is 9.39. The number of halogens is 6. The van der Waals surface area contributed by atoms with Crippen LogP contribution in [0.1, 0.15) is 17.0 Å². The summed E-state index contributed by atoms with van der Waals surface area (Å²) in [4.78, 5) is 13.9. The highest BCUT2D eigenvalue weighted by atomic mass is 19.4. The van der Waals surface area contributed by atoms with Gasteiger partial charge in [0.15, 0.2) is 0 Å². The summed E-state index contributed by atoms with van der Waals surface area (Å²) in [5.74, 6) is -0.986. The van der Waals surface area contributed by atoms with Crippen LogP contribution in [-0.2, 0) is 28.3 Å². The van der Waals surface area contributed by atoms with Gasteiger partial charge in [-0.25, -0.2) is 4.98 Å². The maximum absolute atomic E-state index is 12.4. The molecule has 0 aliphatic heterocycles. The zero-order chi connectivity index (χ0) is 14.8. The SMILES string of the molecule is COC(=O)Cc1cc(C(F)(F)F)cc(C(F)(F)F)n1. The molecule has 0 unspecified atom stereocenters. The van der Waals surface area contributed by atoms with Crippen molar-refractivity contribution < 1.29 is 35.9 Å². The van der Waals surface area contributed by atoms with Crippen LogP contribution in [0, 0.1) is 0 Å². The van der Waals surface area contributed by atoms with E-state index in [2.05, 4.69) is 9.72 Å². The Balaban J connectivity index is 3.29. The average Bonchev–Trinajstić information content (AvgIpc) is 2.26. The molecule has 0 saturated carbocycles. The summed E-state index contributed by atoms with van der Waals surface area (Å²) >= 11 is 0. The smallest absolute Gasteiger partial charge is 0.433 e. The number of carbonyl (C=O) groups is 1. The Kier molecular flexibility index (Phi) is 4.06. The second kappa shape index (κ2) is 5.06. The molecule has 0 atom stereocenters. The van der Waals surface area contributed by atoms with E-state index in [4.69, 9.17) is 0 Å². The van der Waals surface area contributed by atoms with E-state index in [-0.39, 0.29) is 6.07 Å². The molecular weight excluding hydrogens is 280 g/mol. The molecule has 1 aromatic heterocycles. The Morgan fingerprint density at radius 2 is 1.74 bits per heavy atom. The van der Waals surface area contributed by atoms with Crippen LogP contribution in [0.3, 0.4) is 0 Å². The fourth-order valence-corrected chi connectivity index (χ4v) is 1.21. The Hall–Kier alpha value is -1.80. The number of hydrogen-bond donors (Lipinski definition) is 0. The molecule has 0 spiro atoms. The number of hydrogen-bond acceptors (Lipinski definition) is 3. The van der Waals surface area contributed by atoms with Gasteiger partial charge >= 0.3 is 18.3 Å². The summed E-state index contributed by atoms with van der Waals surface area (Å²) in [6.45, 7) is 0. The number of nitrogens with zero attached hydrogens (tertiary/aromatic N) is 1. The molecule has 0 radical (unpaired) electrons. The van der Waals surface area contributed by atoms with Gasteiger partial charge in [0.2, 0.25) is 0 Å². The molecule has 0 fully saturated rings. The van der Waals surface area contributed by atoms with Gasteiger partial charge in [0.05, 0.1) is 24.8 Å². The second-order valence-electron chi connectivity index (χ2n) is 3.48. The van der Waals surface area contributed by atoms with E-state index in [1.807, 2.05) is 0 Å². The highest BCUT2D eigenvalue weighted by Gasteiger charge is 2.38. The molecule has 0 N–H and O–H groups in total. The van der Waals surface area contributed by atoms with Gasteiger partial charge in [-0.2, -0.15) is 26.3 Å². The minimum Gasteiger partial charge on any atom is -0.469 e. The number of methoxy groups -OCH3 is 1. The Bertz CT molecular complexity index is 448. The molecule has 1 heterocycles. The monoisotopic (exact) mass is 287 g/mol. The van der Waals surface area contributed by atoms with Crippen molar-refractivity contribution >= 4 is 5.97 Å². The van der Waals surface area contributed by atoms with E-state index in [0.717, 1.165) is 7.11 Å². The molecular formula is C10H7F6NO2. The fraction of sp³-hybridized carbons (Fsp3) is 0.400. The zero-order valence-electron chi connectivity index (χ0n) is 9.39. The first-order chi connectivity index (χ1) is 8.54. The molecule has 0 saturated heterocycles. The standard InChI is InChI=1S/C10H7F6NO2/c1-19-8(18)4-6-2-5(9(11,12)13)3-7(17-6)10(14,15)16/h2-3H,4H2,1H3. The molecule has 106 valence electrons. The van der Waals surface area contributed by atoms with E-state index >= 15 is 0 Å². The largest absolute Gasteiger partial charge is 0.469 e. The lowest BCUT2D eigenvalue weighted by Crippen LogP contribution is -2.16. The Morgan fingerprint density at radius 1 is 1.16 bits per heavy atom. The molecule has 19 heavy (non-hydrogen) atoms. The van der Waals surface area contributed by atoms with Gasteiger partial charge < -0.3 is 4.74 Å². The summed E-state index contributed by atoms with van der Waals surface area (Å²) in [5.41, 5.74) is -3.89. The van der Waals surface area contributed by atoms with Crippen molar-refractivity contribution in [1.29, 1.82) is 0 Å². The van der Waals surface area contributed by atoms with Crippen molar-refractivity contribution in [3.63, 3.8) is 0 Å². The normalized spacial score (nSPS) is 12.4. The first kappa shape index (κ1) is 15.3. The summed E-state index contributed by atoms with van der Waals surface area (Å²) < 4.78 is 78.7. The summed E-state index contributed by atoms with van der Waals surface area (Å²) in [6.07, 6.45) is -10.8. The molecule has 9 heteroatoms. The number of alkyl halides is 6. The van der Waals surface area contributed by atoms with Gasteiger partial charge in [0.25, 0.3) is 0 Å². The third-order valence-corrected chi connectivity index (χ3v) is 2.05. The predicted molar refractivity (Wildman–Crippen MR) is 50.0 cm³/mol. The summed E-state index contributed by atoms with van der Waals surface area (Å²) in [5, 5.41) is 0. The molecule has 0 amide bonds. The van der Waals surface area contributed by atoms with E-state index in [0.29, 0.717) is 6.07 Å². The Labute approximate surface area is 103 Å². The number of pyridine rings is 1. The number of esters is 1. The third kappa shape index (κ3) is 4.11. The topological polar surface area (TPSA) is 39.2 Å². The third-order valence-electron chi connectivity index (χ3n) is 2.05. The van der Waals surface area contributed by atoms with Crippen molar-refractivity contribution in [2.75, 3.05) is 7.11 Å². The molecule has 3 nitrogen and oxygen atoms in total. The maximum Gasteiger partial charge on any atom is 0.433 e. The van der Waals surface area contributed by atoms with Crippen molar-refractivity contribution in [2.24, 2.45) is 0 Å². The minimum absolute atomic E-state index is 0.110. The first-order valence-electron chi connectivity index (χ1n) is 4.76. The average molecular weight is 287 g/mol. The number of carbonyl (C=O) groups excluding carboxylic acids is 1. The van der Waals surface area contributed by atoms with Crippen LogP contribution in [0.5, 0.6) is 0 Å². The van der Waals surface area contributed by atoms with Crippen LogP contribution in [0.15, 0.2) is 12.1 Å². The number of aromatic nitrogens is 1. The number of ether oxygens (including phenoxy) is 1. The molecule has 0 bridgehead atoms. The lowest BCUT2D eigenvalue weighted by molar-refractivity contribution is -0.146. The minimum atomic E-state index is -5.04. The lowest BCUT2D eigenvalue weighted by atomic mass is 10.1. The van der Waals surface area contributed by atoms with Gasteiger partial charge in [-0.15, -0.1) is 0 Å². The van der Waals surface area contributed by atoms with Gasteiger partial charge in [0, 0.05) is 0 Å². The highest BCUT2D eigenvalue weighted by molar-refractivity contribution is 5.71. The summed E-state index contributed by atoms with van der Waals surface area (Å²) in [7, 11) is 0.959. The van der Waals surface area contributed by atoms with Crippen molar-refractivity contribution in [3.8, 4) is 0 Å². The molecule has 1 aromatic rings. The molecule has 0 aliphatic carbocycles. The molecule has 0 aromatic carbocycles. The predicted octanol–water partition coefficient (Wildman–Crippen LogP) is 2.83.